The van der Waals surface area contributed by atoms with Crippen LogP contribution in [0.1, 0.15) is 18.7 Å². The Balaban J connectivity index is 1.45. The average molecular weight is 453 g/mol. The zero-order valence-corrected chi connectivity index (χ0v) is 17.2. The molecule has 1 saturated heterocycles. The molecule has 0 bridgehead atoms. The first-order valence-electron chi connectivity index (χ1n) is 8.70. The third-order valence-corrected chi connectivity index (χ3v) is 6.18. The highest BCUT2D eigenvalue weighted by molar-refractivity contribution is 9.10. The Morgan fingerprint density at radius 1 is 1.04 bits per heavy atom. The fourth-order valence-electron chi connectivity index (χ4n) is 2.72. The van der Waals surface area contributed by atoms with Gasteiger partial charge < -0.3 is 4.90 Å². The predicted octanol–water partition coefficient (Wildman–Crippen LogP) is 2.02. The van der Waals surface area contributed by atoms with Crippen molar-refractivity contribution in [3.63, 3.8) is 0 Å². The summed E-state index contributed by atoms with van der Waals surface area (Å²) in [5.74, 6) is 1.40. The molecule has 0 atom stereocenters. The van der Waals surface area contributed by atoms with Crippen LogP contribution in [0.25, 0.3) is 0 Å². The summed E-state index contributed by atoms with van der Waals surface area (Å²) in [7, 11) is -3.39. The minimum atomic E-state index is -3.39. The zero-order valence-electron chi connectivity index (χ0n) is 14.8. The van der Waals surface area contributed by atoms with Crippen molar-refractivity contribution < 1.29 is 8.42 Å². The van der Waals surface area contributed by atoms with Gasteiger partial charge in [0.05, 0.1) is 4.47 Å². The van der Waals surface area contributed by atoms with Crippen LogP contribution in [0, 0.1) is 0 Å². The largest absolute Gasteiger partial charge is 0.338 e. The molecule has 10 heteroatoms. The van der Waals surface area contributed by atoms with E-state index < -0.39 is 10.0 Å². The predicted molar refractivity (Wildman–Crippen MR) is 107 cm³/mol. The van der Waals surface area contributed by atoms with Gasteiger partial charge in [0.2, 0.25) is 16.0 Å². The number of halogens is 1. The number of anilines is 1. The van der Waals surface area contributed by atoms with Crippen molar-refractivity contribution in [3.05, 3.63) is 52.6 Å². The number of aryl methyl sites for hydroxylation is 1. The number of unbranched alkanes of at least 4 members (excludes halogenated alkanes) is 1. The molecular weight excluding hydrogens is 432 g/mol. The maximum Gasteiger partial charge on any atom is 0.236 e. The normalized spacial score (nSPS) is 16.1. The Bertz CT molecular complexity index is 853. The Hall–Kier alpha value is -1.91. The third kappa shape index (κ3) is 5.78. The summed E-state index contributed by atoms with van der Waals surface area (Å²) in [6.45, 7) is 1.98. The highest BCUT2D eigenvalue weighted by Gasteiger charge is 2.25. The van der Waals surface area contributed by atoms with Crippen molar-refractivity contribution in [1.82, 2.24) is 24.2 Å². The van der Waals surface area contributed by atoms with Crippen molar-refractivity contribution in [2.45, 2.75) is 19.3 Å². The number of rotatable bonds is 7. The van der Waals surface area contributed by atoms with Gasteiger partial charge in [-0.25, -0.2) is 28.4 Å². The maximum atomic E-state index is 12.5. The van der Waals surface area contributed by atoms with E-state index in [1.165, 1.54) is 9.71 Å². The summed E-state index contributed by atoms with van der Waals surface area (Å²) in [6, 6.07) is 1.78. The molecule has 3 heterocycles. The first kappa shape index (κ1) is 19.8. The highest BCUT2D eigenvalue weighted by atomic mass is 79.9. The van der Waals surface area contributed by atoms with Gasteiger partial charge in [-0.1, -0.05) is 6.08 Å². The molecule has 0 spiro atoms. The monoisotopic (exact) mass is 452 g/mol. The molecule has 1 aliphatic rings. The Kier molecular flexibility index (Phi) is 6.86. The standard InChI is InChI=1S/C17H21BrN6O2S/c18-15-13-21-17(22-14-15)23-8-10-24(11-9-23)27(25,26)12-3-1-2-5-16-19-6-4-7-20-16/h3-4,6-7,12-14H,1-2,5,8-11H2. The molecule has 0 aromatic carbocycles. The minimum Gasteiger partial charge on any atom is -0.338 e. The molecule has 0 unspecified atom stereocenters. The molecule has 0 amide bonds. The molecule has 1 fully saturated rings. The second-order valence-corrected chi connectivity index (χ2v) is 8.80. The Labute approximate surface area is 167 Å². The number of aromatic nitrogens is 4. The summed E-state index contributed by atoms with van der Waals surface area (Å²) in [5.41, 5.74) is 0. The van der Waals surface area contributed by atoms with Gasteiger partial charge in [0, 0.05) is 62.8 Å². The van der Waals surface area contributed by atoms with Gasteiger partial charge in [-0.3, -0.25) is 0 Å². The van der Waals surface area contributed by atoms with Crippen molar-refractivity contribution in [2.24, 2.45) is 0 Å². The summed E-state index contributed by atoms with van der Waals surface area (Å²) in [6.07, 6.45) is 10.7. The van der Waals surface area contributed by atoms with E-state index in [2.05, 4.69) is 35.9 Å². The van der Waals surface area contributed by atoms with Crippen LogP contribution in [0.3, 0.4) is 0 Å². The van der Waals surface area contributed by atoms with Crippen molar-refractivity contribution in [1.29, 1.82) is 0 Å². The SMILES string of the molecule is O=S(=O)(C=CCCCc1ncccn1)N1CCN(c2ncc(Br)cn2)CC1. The number of sulfonamides is 1. The molecule has 0 saturated carbocycles. The van der Waals surface area contributed by atoms with E-state index in [0.717, 1.165) is 23.1 Å². The zero-order chi connectivity index (χ0) is 19.1. The van der Waals surface area contributed by atoms with Gasteiger partial charge in [-0.2, -0.15) is 4.31 Å². The smallest absolute Gasteiger partial charge is 0.236 e. The molecule has 2 aromatic rings. The number of allylic oxidation sites excluding steroid dienone is 1. The molecule has 8 nitrogen and oxygen atoms in total. The average Bonchev–Trinajstić information content (AvgIpc) is 2.69. The highest BCUT2D eigenvalue weighted by Crippen LogP contribution is 2.15. The molecule has 0 N–H and O–H groups in total. The molecule has 0 radical (unpaired) electrons. The molecule has 0 aliphatic carbocycles. The van der Waals surface area contributed by atoms with Crippen LogP contribution >= 0.6 is 15.9 Å². The van der Waals surface area contributed by atoms with Gasteiger partial charge in [0.15, 0.2) is 0 Å². The van der Waals surface area contributed by atoms with Gasteiger partial charge in [0.25, 0.3) is 0 Å². The van der Waals surface area contributed by atoms with Gasteiger partial charge in [-0.05, 0) is 34.8 Å². The van der Waals surface area contributed by atoms with E-state index in [9.17, 15) is 8.42 Å². The van der Waals surface area contributed by atoms with Crippen LogP contribution in [0.15, 0.2) is 46.8 Å². The van der Waals surface area contributed by atoms with E-state index in [4.69, 9.17) is 0 Å². The summed E-state index contributed by atoms with van der Waals surface area (Å²) < 4.78 is 27.2. The maximum absolute atomic E-state index is 12.5. The van der Waals surface area contributed by atoms with Crippen molar-refractivity contribution >= 4 is 31.9 Å². The number of hydrogen-bond donors (Lipinski definition) is 0. The van der Waals surface area contributed by atoms with Gasteiger partial charge >= 0.3 is 0 Å². The quantitative estimate of drug-likeness (QED) is 0.593. The first-order chi connectivity index (χ1) is 13.0. The summed E-state index contributed by atoms with van der Waals surface area (Å²) >= 11 is 3.31. The van der Waals surface area contributed by atoms with Crippen LogP contribution in [0.2, 0.25) is 0 Å². The summed E-state index contributed by atoms with van der Waals surface area (Å²) in [5, 5.41) is 1.31. The summed E-state index contributed by atoms with van der Waals surface area (Å²) in [4.78, 5) is 18.8. The minimum absolute atomic E-state index is 0.421. The van der Waals surface area contributed by atoms with E-state index in [-0.39, 0.29) is 0 Å². The van der Waals surface area contributed by atoms with Crippen LogP contribution < -0.4 is 4.90 Å². The molecule has 1 aliphatic heterocycles. The van der Waals surface area contributed by atoms with E-state index >= 15 is 0 Å². The molecule has 3 rings (SSSR count). The lowest BCUT2D eigenvalue weighted by atomic mass is 10.2. The Morgan fingerprint density at radius 2 is 1.70 bits per heavy atom. The number of nitrogens with zero attached hydrogens (tertiary/aromatic N) is 6. The molecule has 144 valence electrons. The number of hydrogen-bond acceptors (Lipinski definition) is 7. The van der Waals surface area contributed by atoms with Crippen molar-refractivity contribution in [3.8, 4) is 0 Å². The topological polar surface area (TPSA) is 92.2 Å². The Morgan fingerprint density at radius 3 is 2.37 bits per heavy atom. The fraction of sp³-hybridized carbons (Fsp3) is 0.412. The molecule has 27 heavy (non-hydrogen) atoms. The van der Waals surface area contributed by atoms with Crippen LogP contribution in [0.5, 0.6) is 0 Å². The van der Waals surface area contributed by atoms with Gasteiger partial charge in [-0.15, -0.1) is 0 Å². The second kappa shape index (κ2) is 9.34. The fourth-order valence-corrected chi connectivity index (χ4v) is 4.15. The van der Waals surface area contributed by atoms with E-state index in [1.807, 2.05) is 4.90 Å². The number of piperazine rings is 1. The first-order valence-corrected chi connectivity index (χ1v) is 11.0. The van der Waals surface area contributed by atoms with Gasteiger partial charge in [0.1, 0.15) is 5.82 Å². The van der Waals surface area contributed by atoms with Crippen LogP contribution in [0.4, 0.5) is 5.95 Å². The van der Waals surface area contributed by atoms with Crippen LogP contribution in [-0.2, 0) is 16.4 Å². The van der Waals surface area contributed by atoms with Crippen molar-refractivity contribution in [2.75, 3.05) is 31.1 Å². The van der Waals surface area contributed by atoms with E-state index in [1.54, 1.807) is 36.9 Å². The lowest BCUT2D eigenvalue weighted by molar-refractivity contribution is 0.387. The third-order valence-electron chi connectivity index (χ3n) is 4.15. The molecule has 2 aromatic heterocycles. The molecular formula is C17H21BrN6O2S. The second-order valence-electron chi connectivity index (χ2n) is 6.06. The van der Waals surface area contributed by atoms with Crippen LogP contribution in [-0.4, -0.2) is 58.8 Å². The lowest BCUT2D eigenvalue weighted by Crippen LogP contribution is -2.48. The lowest BCUT2D eigenvalue weighted by Gasteiger charge is -2.33. The van der Waals surface area contributed by atoms with E-state index in [0.29, 0.717) is 38.5 Å².